The Morgan fingerprint density at radius 3 is 2.77 bits per heavy atom. The normalized spacial score (nSPS) is 10.7. The van der Waals surface area contributed by atoms with E-state index in [1.807, 2.05) is 19.2 Å². The molecule has 22 heavy (non-hydrogen) atoms. The molecule has 0 amide bonds. The lowest BCUT2D eigenvalue weighted by Crippen LogP contribution is -3.00. The number of aryl methyl sites for hydroxylation is 1. The van der Waals surface area contributed by atoms with Crippen molar-refractivity contribution in [1.29, 1.82) is 0 Å². The summed E-state index contributed by atoms with van der Waals surface area (Å²) in [7, 11) is 4.26. The van der Waals surface area contributed by atoms with Gasteiger partial charge in [0.2, 0.25) is 0 Å². The van der Waals surface area contributed by atoms with Crippen LogP contribution in [-0.2, 0) is 6.54 Å². The van der Waals surface area contributed by atoms with Crippen molar-refractivity contribution >= 4 is 22.5 Å². The highest BCUT2D eigenvalue weighted by atomic mass is 35.5. The van der Waals surface area contributed by atoms with Crippen molar-refractivity contribution in [2.45, 2.75) is 13.5 Å². The molecule has 5 nitrogen and oxygen atoms in total. The molecule has 116 valence electrons. The van der Waals surface area contributed by atoms with Crippen LogP contribution in [0.25, 0.3) is 11.0 Å². The SMILES string of the molecule is Cc1nc(NCc2cccc([NH+](C)C)c2)c2cc[nH]c2n1.[Cl-]. The van der Waals surface area contributed by atoms with Crippen LogP contribution in [-0.4, -0.2) is 29.0 Å². The lowest BCUT2D eigenvalue weighted by molar-refractivity contribution is -0.786. The fraction of sp³-hybridized carbons (Fsp3) is 0.250. The lowest BCUT2D eigenvalue weighted by Gasteiger charge is -2.10. The van der Waals surface area contributed by atoms with Gasteiger partial charge in [0, 0.05) is 18.8 Å². The highest BCUT2D eigenvalue weighted by molar-refractivity contribution is 5.86. The summed E-state index contributed by atoms with van der Waals surface area (Å²) in [4.78, 5) is 13.3. The van der Waals surface area contributed by atoms with E-state index in [1.165, 1.54) is 16.2 Å². The van der Waals surface area contributed by atoms with Crippen LogP contribution in [0, 0.1) is 6.92 Å². The number of nitrogens with one attached hydrogen (secondary N) is 3. The molecule has 0 unspecified atom stereocenters. The molecule has 0 aliphatic carbocycles. The highest BCUT2D eigenvalue weighted by Gasteiger charge is 2.07. The number of fused-ring (bicyclic) bond motifs is 1. The molecule has 0 aliphatic heterocycles. The van der Waals surface area contributed by atoms with Gasteiger partial charge in [-0.2, -0.15) is 0 Å². The van der Waals surface area contributed by atoms with Gasteiger partial charge in [-0.3, -0.25) is 0 Å². The summed E-state index contributed by atoms with van der Waals surface area (Å²) in [5.41, 5.74) is 3.39. The van der Waals surface area contributed by atoms with Gasteiger partial charge in [0.05, 0.1) is 19.5 Å². The largest absolute Gasteiger partial charge is 1.00 e. The van der Waals surface area contributed by atoms with E-state index in [1.54, 1.807) is 0 Å². The first-order valence-corrected chi connectivity index (χ1v) is 7.08. The van der Waals surface area contributed by atoms with E-state index in [4.69, 9.17) is 0 Å². The minimum absolute atomic E-state index is 0. The van der Waals surface area contributed by atoms with Gasteiger partial charge in [0.1, 0.15) is 23.0 Å². The number of halogens is 1. The molecule has 3 rings (SSSR count). The third-order valence-corrected chi connectivity index (χ3v) is 3.49. The monoisotopic (exact) mass is 317 g/mol. The predicted molar refractivity (Wildman–Crippen MR) is 84.9 cm³/mol. The molecule has 0 atom stereocenters. The number of anilines is 1. The number of hydrogen-bond donors (Lipinski definition) is 3. The predicted octanol–water partition coefficient (Wildman–Crippen LogP) is -1.34. The maximum absolute atomic E-state index is 4.50. The Morgan fingerprint density at radius 2 is 2.00 bits per heavy atom. The second-order valence-corrected chi connectivity index (χ2v) is 5.41. The number of H-pyrrole nitrogens is 1. The second-order valence-electron chi connectivity index (χ2n) is 5.41. The molecule has 0 saturated heterocycles. The van der Waals surface area contributed by atoms with Crippen LogP contribution < -0.4 is 22.6 Å². The Morgan fingerprint density at radius 1 is 1.18 bits per heavy atom. The fourth-order valence-electron chi connectivity index (χ4n) is 2.37. The topological polar surface area (TPSA) is 58.0 Å². The zero-order chi connectivity index (χ0) is 14.8. The molecule has 3 aromatic rings. The van der Waals surface area contributed by atoms with Crippen LogP contribution in [0.4, 0.5) is 11.5 Å². The Hall–Kier alpha value is -2.11. The Kier molecular flexibility index (Phi) is 5.00. The van der Waals surface area contributed by atoms with E-state index in [9.17, 15) is 0 Å². The summed E-state index contributed by atoms with van der Waals surface area (Å²) in [5.74, 6) is 1.64. The third-order valence-electron chi connectivity index (χ3n) is 3.49. The van der Waals surface area contributed by atoms with Crippen molar-refractivity contribution in [3.8, 4) is 0 Å². The molecule has 2 aromatic heterocycles. The fourth-order valence-corrected chi connectivity index (χ4v) is 2.37. The zero-order valence-corrected chi connectivity index (χ0v) is 13.7. The Labute approximate surface area is 136 Å². The van der Waals surface area contributed by atoms with Crippen molar-refractivity contribution in [2.75, 3.05) is 19.4 Å². The molecule has 0 bridgehead atoms. The van der Waals surface area contributed by atoms with E-state index in [0.29, 0.717) is 0 Å². The first-order chi connectivity index (χ1) is 10.1. The van der Waals surface area contributed by atoms with E-state index in [2.05, 4.69) is 58.6 Å². The first-order valence-electron chi connectivity index (χ1n) is 7.08. The van der Waals surface area contributed by atoms with E-state index >= 15 is 0 Å². The lowest BCUT2D eigenvalue weighted by atomic mass is 10.2. The molecular formula is C16H20ClN5. The van der Waals surface area contributed by atoms with E-state index in [0.717, 1.165) is 29.2 Å². The number of quaternary nitrogens is 1. The Bertz CT molecular complexity index is 766. The number of aromatic amines is 1. The van der Waals surface area contributed by atoms with Crippen molar-refractivity contribution in [3.63, 3.8) is 0 Å². The maximum atomic E-state index is 4.50. The number of benzene rings is 1. The number of hydrogen-bond acceptors (Lipinski definition) is 3. The number of nitrogens with zero attached hydrogens (tertiary/aromatic N) is 2. The molecule has 0 spiro atoms. The molecule has 1 aromatic carbocycles. The van der Waals surface area contributed by atoms with Crippen molar-refractivity contribution in [1.82, 2.24) is 15.0 Å². The molecule has 0 fully saturated rings. The molecule has 2 heterocycles. The summed E-state index contributed by atoms with van der Waals surface area (Å²) in [6.07, 6.45) is 1.89. The van der Waals surface area contributed by atoms with Gasteiger partial charge in [0.25, 0.3) is 0 Å². The minimum Gasteiger partial charge on any atom is -1.00 e. The first kappa shape index (κ1) is 16.3. The van der Waals surface area contributed by atoms with Crippen molar-refractivity contribution < 1.29 is 17.3 Å². The third kappa shape index (κ3) is 3.37. The molecule has 6 heteroatoms. The van der Waals surface area contributed by atoms with E-state index < -0.39 is 0 Å². The van der Waals surface area contributed by atoms with Gasteiger partial charge < -0.3 is 27.6 Å². The van der Waals surface area contributed by atoms with Gasteiger partial charge in [0.15, 0.2) is 0 Å². The van der Waals surface area contributed by atoms with E-state index in [-0.39, 0.29) is 12.4 Å². The quantitative estimate of drug-likeness (QED) is 0.558. The van der Waals surface area contributed by atoms with Gasteiger partial charge >= 0.3 is 0 Å². The summed E-state index contributed by atoms with van der Waals surface area (Å²) in [6.45, 7) is 2.65. The van der Waals surface area contributed by atoms with Crippen molar-refractivity contribution in [2.24, 2.45) is 0 Å². The summed E-state index contributed by atoms with van der Waals surface area (Å²) in [6, 6.07) is 10.6. The maximum Gasteiger partial charge on any atom is 0.143 e. The van der Waals surface area contributed by atoms with Gasteiger partial charge in [-0.25, -0.2) is 9.97 Å². The summed E-state index contributed by atoms with van der Waals surface area (Å²) in [5, 5.41) is 4.44. The van der Waals surface area contributed by atoms with Crippen LogP contribution in [0.1, 0.15) is 11.4 Å². The number of aromatic nitrogens is 3. The summed E-state index contributed by atoms with van der Waals surface area (Å²) >= 11 is 0. The molecular weight excluding hydrogens is 298 g/mol. The zero-order valence-electron chi connectivity index (χ0n) is 12.9. The van der Waals surface area contributed by atoms with Crippen LogP contribution in [0.2, 0.25) is 0 Å². The Balaban J connectivity index is 0.00000176. The van der Waals surface area contributed by atoms with Crippen LogP contribution in [0.3, 0.4) is 0 Å². The molecule has 0 radical (unpaired) electrons. The average Bonchev–Trinajstić information content (AvgIpc) is 2.93. The van der Waals surface area contributed by atoms with Crippen molar-refractivity contribution in [3.05, 3.63) is 47.9 Å². The number of rotatable bonds is 4. The van der Waals surface area contributed by atoms with Crippen LogP contribution in [0.5, 0.6) is 0 Å². The van der Waals surface area contributed by atoms with Gasteiger partial charge in [-0.1, -0.05) is 12.1 Å². The van der Waals surface area contributed by atoms with Crippen LogP contribution in [0.15, 0.2) is 36.5 Å². The smallest absolute Gasteiger partial charge is 0.143 e. The highest BCUT2D eigenvalue weighted by Crippen LogP contribution is 2.19. The summed E-state index contributed by atoms with van der Waals surface area (Å²) < 4.78 is 0. The van der Waals surface area contributed by atoms with Crippen LogP contribution >= 0.6 is 0 Å². The molecule has 0 aliphatic rings. The minimum atomic E-state index is 0. The van der Waals surface area contributed by atoms with Gasteiger partial charge in [-0.15, -0.1) is 0 Å². The molecule has 3 N–H and O–H groups in total. The van der Waals surface area contributed by atoms with Gasteiger partial charge in [-0.05, 0) is 24.6 Å². The second kappa shape index (κ2) is 6.77. The standard InChI is InChI=1S/C16H19N5.ClH/c1-11-19-15-14(7-8-17-15)16(20-11)18-10-12-5-4-6-13(9-12)21(2)3;/h4-9H,10H2,1-3H3,(H2,17,18,19,20);1H. The average molecular weight is 318 g/mol. The molecule has 0 saturated carbocycles.